The van der Waals surface area contributed by atoms with Gasteiger partial charge in [0.1, 0.15) is 6.54 Å². The standard InChI is InChI=1S/C16H16BrN3O3/c17-11-1-2-12-13(7-11)16(23)20(15(12)22)9-14(21)19-8-10-3-5-18-6-4-10/h1-3,7,18H,4-6,8-9H2,(H,19,21). The Morgan fingerprint density at radius 2 is 2.04 bits per heavy atom. The summed E-state index contributed by atoms with van der Waals surface area (Å²) in [5.74, 6) is -1.19. The number of imide groups is 1. The van der Waals surface area contributed by atoms with Crippen LogP contribution >= 0.6 is 15.9 Å². The molecule has 2 aliphatic heterocycles. The van der Waals surface area contributed by atoms with Crippen LogP contribution in [0.15, 0.2) is 34.3 Å². The largest absolute Gasteiger partial charge is 0.351 e. The summed E-state index contributed by atoms with van der Waals surface area (Å²) in [4.78, 5) is 37.6. The van der Waals surface area contributed by atoms with Crippen LogP contribution in [0, 0.1) is 0 Å². The second kappa shape index (κ2) is 6.64. The summed E-state index contributed by atoms with van der Waals surface area (Å²) < 4.78 is 0.724. The van der Waals surface area contributed by atoms with Gasteiger partial charge in [0, 0.05) is 17.6 Å². The Morgan fingerprint density at radius 3 is 2.78 bits per heavy atom. The van der Waals surface area contributed by atoms with Crippen molar-refractivity contribution in [1.29, 1.82) is 0 Å². The molecule has 2 N–H and O–H groups in total. The second-order valence-corrected chi connectivity index (χ2v) is 6.40. The van der Waals surface area contributed by atoms with E-state index >= 15 is 0 Å². The van der Waals surface area contributed by atoms with E-state index in [-0.39, 0.29) is 12.5 Å². The predicted molar refractivity (Wildman–Crippen MR) is 88.1 cm³/mol. The average Bonchev–Trinajstić information content (AvgIpc) is 2.78. The molecule has 2 aliphatic rings. The fraction of sp³-hybridized carbons (Fsp3) is 0.312. The van der Waals surface area contributed by atoms with Crippen molar-refractivity contribution in [2.45, 2.75) is 6.42 Å². The van der Waals surface area contributed by atoms with E-state index in [1.807, 2.05) is 6.08 Å². The summed E-state index contributed by atoms with van der Waals surface area (Å²) in [5.41, 5.74) is 1.83. The quantitative estimate of drug-likeness (QED) is 0.607. The lowest BCUT2D eigenvalue weighted by molar-refractivity contribution is -0.121. The number of nitrogens with one attached hydrogen (secondary N) is 2. The van der Waals surface area contributed by atoms with Gasteiger partial charge in [-0.25, -0.2) is 0 Å². The Balaban J connectivity index is 1.62. The molecular weight excluding hydrogens is 362 g/mol. The average molecular weight is 378 g/mol. The van der Waals surface area contributed by atoms with E-state index in [9.17, 15) is 14.4 Å². The van der Waals surface area contributed by atoms with Crippen LogP contribution in [0.5, 0.6) is 0 Å². The normalized spacial score (nSPS) is 17.1. The molecule has 120 valence electrons. The molecule has 0 aromatic heterocycles. The van der Waals surface area contributed by atoms with Gasteiger partial charge in [0.15, 0.2) is 0 Å². The zero-order chi connectivity index (χ0) is 16.4. The van der Waals surface area contributed by atoms with E-state index in [1.54, 1.807) is 18.2 Å². The molecule has 0 radical (unpaired) electrons. The third kappa shape index (κ3) is 3.35. The minimum Gasteiger partial charge on any atom is -0.351 e. The lowest BCUT2D eigenvalue weighted by atomic mass is 10.1. The predicted octanol–water partition coefficient (Wildman–Crippen LogP) is 1.08. The third-order valence-corrected chi connectivity index (χ3v) is 4.40. The van der Waals surface area contributed by atoms with Crippen LogP contribution in [-0.4, -0.2) is 48.8 Å². The van der Waals surface area contributed by atoms with Crippen LogP contribution in [0.25, 0.3) is 0 Å². The first-order valence-corrected chi connectivity index (χ1v) is 8.16. The SMILES string of the molecule is O=C(CN1C(=O)c2ccc(Br)cc2C1=O)NCC1=CCNCC1. The number of hydrogen-bond donors (Lipinski definition) is 2. The lowest BCUT2D eigenvalue weighted by Crippen LogP contribution is -2.41. The number of nitrogens with zero attached hydrogens (tertiary/aromatic N) is 1. The summed E-state index contributed by atoms with van der Waals surface area (Å²) in [5, 5.41) is 5.97. The topological polar surface area (TPSA) is 78.5 Å². The van der Waals surface area contributed by atoms with Gasteiger partial charge in [0.05, 0.1) is 11.1 Å². The van der Waals surface area contributed by atoms with Crippen molar-refractivity contribution >= 4 is 33.7 Å². The first kappa shape index (κ1) is 15.9. The number of fused-ring (bicyclic) bond motifs is 1. The Hall–Kier alpha value is -1.99. The molecule has 7 heteroatoms. The van der Waals surface area contributed by atoms with E-state index in [0.717, 1.165) is 34.5 Å². The van der Waals surface area contributed by atoms with Crippen LogP contribution in [0.2, 0.25) is 0 Å². The van der Waals surface area contributed by atoms with Crippen molar-refractivity contribution in [3.63, 3.8) is 0 Å². The highest BCUT2D eigenvalue weighted by molar-refractivity contribution is 9.10. The maximum Gasteiger partial charge on any atom is 0.262 e. The van der Waals surface area contributed by atoms with Crippen molar-refractivity contribution in [3.05, 3.63) is 45.4 Å². The number of amides is 3. The summed E-state index contributed by atoms with van der Waals surface area (Å²) in [6.07, 6.45) is 2.94. The van der Waals surface area contributed by atoms with Gasteiger partial charge in [0.25, 0.3) is 11.8 Å². The number of hydrogen-bond acceptors (Lipinski definition) is 4. The molecule has 6 nitrogen and oxygen atoms in total. The fourth-order valence-electron chi connectivity index (χ4n) is 2.65. The molecule has 1 aromatic carbocycles. The van der Waals surface area contributed by atoms with Crippen LogP contribution in [0.1, 0.15) is 27.1 Å². The van der Waals surface area contributed by atoms with Gasteiger partial charge in [-0.1, -0.05) is 27.6 Å². The fourth-order valence-corrected chi connectivity index (χ4v) is 3.01. The van der Waals surface area contributed by atoms with Crippen molar-refractivity contribution in [1.82, 2.24) is 15.5 Å². The van der Waals surface area contributed by atoms with E-state index in [4.69, 9.17) is 0 Å². The number of rotatable bonds is 4. The molecule has 0 saturated carbocycles. The van der Waals surface area contributed by atoms with Gasteiger partial charge in [0.2, 0.25) is 5.91 Å². The second-order valence-electron chi connectivity index (χ2n) is 5.48. The minimum absolute atomic E-state index is 0.254. The number of halogens is 1. The molecule has 0 spiro atoms. The molecule has 0 atom stereocenters. The van der Waals surface area contributed by atoms with Crippen molar-refractivity contribution in [2.75, 3.05) is 26.2 Å². The maximum absolute atomic E-state index is 12.3. The van der Waals surface area contributed by atoms with E-state index in [2.05, 4.69) is 26.6 Å². The number of carbonyl (C=O) groups is 3. The zero-order valence-corrected chi connectivity index (χ0v) is 14.0. The molecule has 0 fully saturated rings. The van der Waals surface area contributed by atoms with Gasteiger partial charge in [-0.3, -0.25) is 19.3 Å². The highest BCUT2D eigenvalue weighted by Crippen LogP contribution is 2.25. The number of carbonyl (C=O) groups excluding carboxylic acids is 3. The van der Waals surface area contributed by atoms with Crippen LogP contribution < -0.4 is 10.6 Å². The van der Waals surface area contributed by atoms with Gasteiger partial charge < -0.3 is 10.6 Å². The molecule has 0 bridgehead atoms. The molecule has 3 rings (SSSR count). The first-order valence-electron chi connectivity index (χ1n) is 7.37. The Bertz CT molecular complexity index is 715. The third-order valence-electron chi connectivity index (χ3n) is 3.91. The molecular formula is C16H16BrN3O3. The first-order chi connectivity index (χ1) is 11.1. The smallest absolute Gasteiger partial charge is 0.262 e. The summed E-state index contributed by atoms with van der Waals surface area (Å²) in [6.45, 7) is 1.90. The van der Waals surface area contributed by atoms with Crippen LogP contribution in [-0.2, 0) is 4.79 Å². The molecule has 0 aliphatic carbocycles. The number of benzene rings is 1. The highest BCUT2D eigenvalue weighted by Gasteiger charge is 2.36. The molecule has 1 aromatic rings. The van der Waals surface area contributed by atoms with Gasteiger partial charge in [-0.05, 0) is 31.2 Å². The van der Waals surface area contributed by atoms with E-state index < -0.39 is 11.8 Å². The highest BCUT2D eigenvalue weighted by atomic mass is 79.9. The van der Waals surface area contributed by atoms with Gasteiger partial charge in [-0.15, -0.1) is 0 Å². The van der Waals surface area contributed by atoms with E-state index in [0.29, 0.717) is 17.7 Å². The van der Waals surface area contributed by atoms with Crippen LogP contribution in [0.4, 0.5) is 0 Å². The molecule has 0 saturated heterocycles. The summed E-state index contributed by atoms with van der Waals surface area (Å²) in [7, 11) is 0. The Kier molecular flexibility index (Phi) is 4.58. The van der Waals surface area contributed by atoms with Crippen molar-refractivity contribution < 1.29 is 14.4 Å². The Labute approximate surface area is 142 Å². The maximum atomic E-state index is 12.3. The molecule has 0 unspecified atom stereocenters. The molecule has 23 heavy (non-hydrogen) atoms. The monoisotopic (exact) mass is 377 g/mol. The molecule has 3 amide bonds. The van der Waals surface area contributed by atoms with Gasteiger partial charge >= 0.3 is 0 Å². The zero-order valence-electron chi connectivity index (χ0n) is 12.4. The van der Waals surface area contributed by atoms with Crippen LogP contribution in [0.3, 0.4) is 0 Å². The summed E-state index contributed by atoms with van der Waals surface area (Å²) in [6, 6.07) is 4.90. The summed E-state index contributed by atoms with van der Waals surface area (Å²) >= 11 is 3.28. The Morgan fingerprint density at radius 1 is 1.26 bits per heavy atom. The van der Waals surface area contributed by atoms with Gasteiger partial charge in [-0.2, -0.15) is 0 Å². The lowest BCUT2D eigenvalue weighted by Gasteiger charge is -2.16. The minimum atomic E-state index is -0.428. The van der Waals surface area contributed by atoms with Crippen molar-refractivity contribution in [2.24, 2.45) is 0 Å². The van der Waals surface area contributed by atoms with E-state index in [1.165, 1.54) is 0 Å². The van der Waals surface area contributed by atoms with Crippen molar-refractivity contribution in [3.8, 4) is 0 Å². The molecule has 2 heterocycles.